The Morgan fingerprint density at radius 1 is 0.368 bits per heavy atom. The van der Waals surface area contributed by atoms with Gasteiger partial charge >= 0.3 is 0 Å². The fourth-order valence-electron chi connectivity index (χ4n) is 4.91. The minimum absolute atomic E-state index is 0.715. The molecular weight excluding hydrogens is 462 g/mol. The molecule has 3 nitrogen and oxygen atoms in total. The second-order valence-electron chi connectivity index (χ2n) is 9.38. The average Bonchev–Trinajstić information content (AvgIpc) is 3.01. The van der Waals surface area contributed by atoms with E-state index in [1.165, 1.54) is 10.8 Å². The van der Waals surface area contributed by atoms with Crippen LogP contribution in [0.5, 0.6) is 0 Å². The third-order valence-corrected chi connectivity index (χ3v) is 6.90. The van der Waals surface area contributed by atoms with Gasteiger partial charge in [-0.1, -0.05) is 103 Å². The highest BCUT2D eigenvalue weighted by Gasteiger charge is 2.12. The summed E-state index contributed by atoms with van der Waals surface area (Å²) in [5, 5.41) is 3.51. The Balaban J connectivity index is 1.37. The maximum atomic E-state index is 5.07. The first kappa shape index (κ1) is 22.1. The molecule has 0 spiro atoms. The van der Waals surface area contributed by atoms with Crippen molar-refractivity contribution in [3.63, 3.8) is 0 Å². The van der Waals surface area contributed by atoms with Crippen molar-refractivity contribution in [3.8, 4) is 45.0 Å². The number of hydrogen-bond acceptors (Lipinski definition) is 3. The van der Waals surface area contributed by atoms with Gasteiger partial charge in [0.1, 0.15) is 0 Å². The van der Waals surface area contributed by atoms with Crippen LogP contribution in [0.3, 0.4) is 0 Å². The molecule has 0 atom stereocenters. The van der Waals surface area contributed by atoms with Gasteiger partial charge in [-0.3, -0.25) is 4.98 Å². The summed E-state index contributed by atoms with van der Waals surface area (Å²) in [6.07, 6.45) is 1.84. The van der Waals surface area contributed by atoms with Gasteiger partial charge in [0.05, 0.1) is 16.9 Å². The summed E-state index contributed by atoms with van der Waals surface area (Å²) in [6.45, 7) is 0. The van der Waals surface area contributed by atoms with Crippen molar-refractivity contribution in [2.75, 3.05) is 0 Å². The molecule has 0 bridgehead atoms. The molecule has 2 heterocycles. The summed E-state index contributed by atoms with van der Waals surface area (Å²) >= 11 is 0. The minimum atomic E-state index is 0.715. The predicted molar refractivity (Wildman–Crippen MR) is 157 cm³/mol. The second kappa shape index (κ2) is 9.38. The van der Waals surface area contributed by atoms with E-state index in [2.05, 4.69) is 114 Å². The summed E-state index contributed by atoms with van der Waals surface area (Å²) in [6, 6.07) is 46.2. The lowest BCUT2D eigenvalue weighted by Crippen LogP contribution is -1.96. The van der Waals surface area contributed by atoms with Crippen LogP contribution in [0.2, 0.25) is 0 Å². The minimum Gasteiger partial charge on any atom is -0.256 e. The van der Waals surface area contributed by atoms with Crippen molar-refractivity contribution in [3.05, 3.63) is 140 Å². The first-order chi connectivity index (χ1) is 18.8. The molecule has 2 aromatic heterocycles. The number of rotatable bonds is 4. The van der Waals surface area contributed by atoms with Gasteiger partial charge in [-0.25, -0.2) is 9.97 Å². The van der Waals surface area contributed by atoms with Crippen LogP contribution in [-0.4, -0.2) is 15.0 Å². The highest BCUT2D eigenvalue weighted by atomic mass is 14.9. The number of fused-ring (bicyclic) bond motifs is 2. The maximum Gasteiger partial charge on any atom is 0.160 e. The van der Waals surface area contributed by atoms with Crippen molar-refractivity contribution in [1.82, 2.24) is 15.0 Å². The number of nitrogens with zero attached hydrogens (tertiary/aromatic N) is 3. The van der Waals surface area contributed by atoms with Crippen LogP contribution >= 0.6 is 0 Å². The highest BCUT2D eigenvalue weighted by molar-refractivity contribution is 5.87. The second-order valence-corrected chi connectivity index (χ2v) is 9.38. The van der Waals surface area contributed by atoms with E-state index in [0.717, 1.165) is 50.1 Å². The lowest BCUT2D eigenvalue weighted by Gasteiger charge is -2.11. The van der Waals surface area contributed by atoms with E-state index in [1.807, 2.05) is 30.5 Å². The lowest BCUT2D eigenvalue weighted by molar-refractivity contribution is 1.18. The van der Waals surface area contributed by atoms with Crippen molar-refractivity contribution in [2.24, 2.45) is 0 Å². The van der Waals surface area contributed by atoms with Crippen LogP contribution in [0.1, 0.15) is 0 Å². The summed E-state index contributed by atoms with van der Waals surface area (Å²) in [7, 11) is 0. The monoisotopic (exact) mass is 485 g/mol. The standard InChI is InChI=1S/C35H23N3/c1-2-9-25(10-3-1)33-23-34(38-35(37-33)31-18-15-24-8-4-5-11-27(24)21-31)30-13-6-12-28(20-30)29-17-16-26-14-7-19-36-32(26)22-29/h1-23H. The molecule has 0 saturated carbocycles. The van der Waals surface area contributed by atoms with E-state index in [-0.39, 0.29) is 0 Å². The third-order valence-electron chi connectivity index (χ3n) is 6.90. The number of hydrogen-bond donors (Lipinski definition) is 0. The quantitative estimate of drug-likeness (QED) is 0.250. The molecule has 178 valence electrons. The van der Waals surface area contributed by atoms with Gasteiger partial charge in [0, 0.05) is 28.3 Å². The average molecular weight is 486 g/mol. The van der Waals surface area contributed by atoms with Gasteiger partial charge < -0.3 is 0 Å². The molecule has 0 unspecified atom stereocenters. The third kappa shape index (κ3) is 4.21. The Hall–Kier alpha value is -5.15. The fraction of sp³-hybridized carbons (Fsp3) is 0. The highest BCUT2D eigenvalue weighted by Crippen LogP contribution is 2.31. The largest absolute Gasteiger partial charge is 0.256 e. The van der Waals surface area contributed by atoms with E-state index < -0.39 is 0 Å². The van der Waals surface area contributed by atoms with Gasteiger partial charge in [-0.05, 0) is 52.2 Å². The van der Waals surface area contributed by atoms with Crippen molar-refractivity contribution >= 4 is 21.7 Å². The number of pyridine rings is 1. The molecule has 0 aliphatic carbocycles. The SMILES string of the molecule is c1ccc(-c2cc(-c3cccc(-c4ccc5cccnc5c4)c3)nc(-c3ccc4ccccc4c3)n2)cc1. The molecule has 0 amide bonds. The zero-order valence-corrected chi connectivity index (χ0v) is 20.6. The van der Waals surface area contributed by atoms with Gasteiger partial charge in [0.25, 0.3) is 0 Å². The normalized spacial score (nSPS) is 11.2. The Bertz CT molecular complexity index is 1930. The van der Waals surface area contributed by atoms with Gasteiger partial charge in [0.2, 0.25) is 0 Å². The molecule has 0 radical (unpaired) electrons. The van der Waals surface area contributed by atoms with Crippen LogP contribution in [0.15, 0.2) is 140 Å². The predicted octanol–water partition coefficient (Wildman–Crippen LogP) is 8.85. The van der Waals surface area contributed by atoms with Crippen LogP contribution in [-0.2, 0) is 0 Å². The summed E-state index contributed by atoms with van der Waals surface area (Å²) in [5.74, 6) is 0.715. The zero-order valence-electron chi connectivity index (χ0n) is 20.6. The molecular formula is C35H23N3. The van der Waals surface area contributed by atoms with Crippen LogP contribution in [0, 0.1) is 0 Å². The first-order valence-electron chi connectivity index (χ1n) is 12.7. The summed E-state index contributed by atoms with van der Waals surface area (Å²) in [5.41, 5.74) is 8.15. The number of benzene rings is 5. The van der Waals surface area contributed by atoms with Gasteiger partial charge in [-0.15, -0.1) is 0 Å². The maximum absolute atomic E-state index is 5.07. The van der Waals surface area contributed by atoms with Crippen molar-refractivity contribution in [2.45, 2.75) is 0 Å². The van der Waals surface area contributed by atoms with Gasteiger partial charge in [0.15, 0.2) is 5.82 Å². The Labute approximate surface area is 221 Å². The summed E-state index contributed by atoms with van der Waals surface area (Å²) < 4.78 is 0. The van der Waals surface area contributed by atoms with Crippen LogP contribution in [0.4, 0.5) is 0 Å². The Morgan fingerprint density at radius 3 is 1.92 bits per heavy atom. The molecule has 0 fully saturated rings. The van der Waals surface area contributed by atoms with E-state index in [1.54, 1.807) is 0 Å². The lowest BCUT2D eigenvalue weighted by atomic mass is 9.99. The molecule has 0 saturated heterocycles. The molecule has 38 heavy (non-hydrogen) atoms. The first-order valence-corrected chi connectivity index (χ1v) is 12.7. The van der Waals surface area contributed by atoms with E-state index in [9.17, 15) is 0 Å². The van der Waals surface area contributed by atoms with E-state index >= 15 is 0 Å². The van der Waals surface area contributed by atoms with Crippen molar-refractivity contribution < 1.29 is 0 Å². The fourth-order valence-corrected chi connectivity index (χ4v) is 4.91. The van der Waals surface area contributed by atoms with E-state index in [4.69, 9.17) is 9.97 Å². The molecule has 7 rings (SSSR count). The summed E-state index contributed by atoms with van der Waals surface area (Å²) in [4.78, 5) is 14.6. The molecule has 7 aromatic rings. The molecule has 0 N–H and O–H groups in total. The molecule has 0 aliphatic heterocycles. The molecule has 0 aliphatic rings. The zero-order chi connectivity index (χ0) is 25.3. The smallest absolute Gasteiger partial charge is 0.160 e. The number of aromatic nitrogens is 3. The topological polar surface area (TPSA) is 38.7 Å². The molecule has 3 heteroatoms. The van der Waals surface area contributed by atoms with Crippen molar-refractivity contribution in [1.29, 1.82) is 0 Å². The Kier molecular flexibility index (Phi) is 5.45. The molecule has 5 aromatic carbocycles. The Morgan fingerprint density at radius 2 is 1.03 bits per heavy atom. The van der Waals surface area contributed by atoms with Gasteiger partial charge in [-0.2, -0.15) is 0 Å². The van der Waals surface area contributed by atoms with E-state index in [0.29, 0.717) is 5.82 Å². The van der Waals surface area contributed by atoms with Crippen LogP contribution < -0.4 is 0 Å². The van der Waals surface area contributed by atoms with Crippen LogP contribution in [0.25, 0.3) is 66.7 Å².